The molecule has 0 amide bonds. The lowest BCUT2D eigenvalue weighted by atomic mass is 10.1. The number of esters is 1. The van der Waals surface area contributed by atoms with Gasteiger partial charge in [0.2, 0.25) is 5.90 Å². The Bertz CT molecular complexity index is 948. The van der Waals surface area contributed by atoms with E-state index in [1.807, 2.05) is 0 Å². The minimum Gasteiger partial charge on any atom is -0.493 e. The van der Waals surface area contributed by atoms with Crippen molar-refractivity contribution in [2.75, 3.05) is 14.2 Å². The largest absolute Gasteiger partial charge is 0.493 e. The number of hydrogen-bond acceptors (Lipinski definition) is 7. The van der Waals surface area contributed by atoms with Gasteiger partial charge >= 0.3 is 5.97 Å². The van der Waals surface area contributed by atoms with Crippen LogP contribution in [-0.4, -0.2) is 31.0 Å². The summed E-state index contributed by atoms with van der Waals surface area (Å²) in [5.41, 5.74) is 0.985. The van der Waals surface area contributed by atoms with Crippen LogP contribution in [0.2, 0.25) is 0 Å². The van der Waals surface area contributed by atoms with Crippen LogP contribution in [0.4, 0.5) is 5.69 Å². The van der Waals surface area contributed by atoms with Crippen LogP contribution < -0.4 is 9.47 Å². The van der Waals surface area contributed by atoms with E-state index < -0.39 is 10.9 Å². The number of hydrogen-bond donors (Lipinski definition) is 0. The normalized spacial score (nSPS) is 14.8. The first-order valence-electron chi connectivity index (χ1n) is 7.51. The lowest BCUT2D eigenvalue weighted by molar-refractivity contribution is -0.384. The number of cyclic esters (lactones) is 1. The van der Waals surface area contributed by atoms with Gasteiger partial charge in [-0.25, -0.2) is 9.79 Å². The molecule has 0 radical (unpaired) electrons. The van der Waals surface area contributed by atoms with Gasteiger partial charge in [-0.2, -0.15) is 0 Å². The van der Waals surface area contributed by atoms with Crippen molar-refractivity contribution in [3.8, 4) is 11.5 Å². The summed E-state index contributed by atoms with van der Waals surface area (Å²) in [6, 6.07) is 10.9. The van der Waals surface area contributed by atoms with Crippen LogP contribution in [0.5, 0.6) is 11.5 Å². The molecule has 0 spiro atoms. The minimum absolute atomic E-state index is 0.0189. The van der Waals surface area contributed by atoms with E-state index in [4.69, 9.17) is 14.2 Å². The zero-order valence-electron chi connectivity index (χ0n) is 14.0. The third kappa shape index (κ3) is 3.39. The van der Waals surface area contributed by atoms with Crippen molar-refractivity contribution in [2.45, 2.75) is 0 Å². The first-order valence-corrected chi connectivity index (χ1v) is 7.51. The number of rotatable bonds is 5. The number of benzene rings is 2. The molecule has 2 aromatic carbocycles. The molecule has 8 nitrogen and oxygen atoms in total. The minimum atomic E-state index is -0.638. The van der Waals surface area contributed by atoms with E-state index in [0.29, 0.717) is 22.6 Å². The first-order chi connectivity index (χ1) is 12.5. The van der Waals surface area contributed by atoms with Crippen LogP contribution in [0.15, 0.2) is 53.2 Å². The molecular weight excluding hydrogens is 340 g/mol. The highest BCUT2D eigenvalue weighted by Gasteiger charge is 2.25. The summed E-state index contributed by atoms with van der Waals surface area (Å²) in [4.78, 5) is 26.6. The topological polar surface area (TPSA) is 100 Å². The number of aliphatic imine (C=N–C) groups is 1. The van der Waals surface area contributed by atoms with Gasteiger partial charge in [0.05, 0.1) is 19.1 Å². The summed E-state index contributed by atoms with van der Waals surface area (Å²) < 4.78 is 15.5. The Balaban J connectivity index is 1.94. The Kier molecular flexibility index (Phi) is 4.66. The van der Waals surface area contributed by atoms with Gasteiger partial charge in [0.25, 0.3) is 5.69 Å². The van der Waals surface area contributed by atoms with Gasteiger partial charge < -0.3 is 14.2 Å². The molecule has 1 aliphatic heterocycles. The monoisotopic (exact) mass is 354 g/mol. The van der Waals surface area contributed by atoms with Gasteiger partial charge in [0.1, 0.15) is 0 Å². The Labute approximate surface area is 148 Å². The molecule has 0 saturated heterocycles. The van der Waals surface area contributed by atoms with Crippen molar-refractivity contribution in [3.63, 3.8) is 0 Å². The number of carbonyl (C=O) groups excluding carboxylic acids is 1. The zero-order valence-corrected chi connectivity index (χ0v) is 14.0. The third-order valence-corrected chi connectivity index (χ3v) is 3.64. The Morgan fingerprint density at radius 2 is 1.88 bits per heavy atom. The quantitative estimate of drug-likeness (QED) is 0.354. The molecule has 2 aromatic rings. The van der Waals surface area contributed by atoms with Crippen molar-refractivity contribution >= 4 is 23.6 Å². The van der Waals surface area contributed by atoms with E-state index in [0.717, 1.165) is 0 Å². The maximum atomic E-state index is 12.1. The van der Waals surface area contributed by atoms with E-state index >= 15 is 0 Å². The second-order valence-electron chi connectivity index (χ2n) is 5.26. The molecule has 0 atom stereocenters. The van der Waals surface area contributed by atoms with Crippen molar-refractivity contribution in [3.05, 3.63) is 69.4 Å². The number of nitro benzene ring substituents is 1. The van der Waals surface area contributed by atoms with Crippen LogP contribution in [0.1, 0.15) is 11.1 Å². The Hall–Kier alpha value is -3.68. The van der Waals surface area contributed by atoms with E-state index in [-0.39, 0.29) is 17.3 Å². The van der Waals surface area contributed by atoms with Crippen LogP contribution in [-0.2, 0) is 9.53 Å². The van der Waals surface area contributed by atoms with Gasteiger partial charge in [0.15, 0.2) is 17.2 Å². The lowest BCUT2D eigenvalue weighted by Crippen LogP contribution is -2.05. The highest BCUT2D eigenvalue weighted by Crippen LogP contribution is 2.29. The molecule has 0 aliphatic carbocycles. The van der Waals surface area contributed by atoms with E-state index in [2.05, 4.69) is 4.99 Å². The first kappa shape index (κ1) is 17.2. The Morgan fingerprint density at radius 3 is 2.58 bits per heavy atom. The number of carbonyl (C=O) groups is 1. The fraction of sp³-hybridized carbons (Fsp3) is 0.111. The standard InChI is InChI=1S/C18H14N2O6/c1-24-15-7-6-11(9-16(15)25-2)8-14-18(21)26-17(19-14)12-4-3-5-13(10-12)20(22)23/h3-10H,1-2H3. The number of non-ortho nitro benzene ring substituents is 1. The third-order valence-electron chi connectivity index (χ3n) is 3.64. The molecule has 132 valence electrons. The van der Waals surface area contributed by atoms with E-state index in [1.54, 1.807) is 24.3 Å². The van der Waals surface area contributed by atoms with E-state index in [1.165, 1.54) is 38.5 Å². The highest BCUT2D eigenvalue weighted by atomic mass is 16.6. The fourth-order valence-electron chi connectivity index (χ4n) is 2.39. The average Bonchev–Trinajstić information content (AvgIpc) is 3.02. The predicted octanol–water partition coefficient (Wildman–Crippen LogP) is 2.96. The number of nitrogens with zero attached hydrogens (tertiary/aromatic N) is 2. The molecule has 0 aromatic heterocycles. The SMILES string of the molecule is COc1ccc(C=C2N=C(c3cccc([N+](=O)[O-])c3)OC2=O)cc1OC. The summed E-state index contributed by atoms with van der Waals surface area (Å²) in [5, 5.41) is 10.9. The van der Waals surface area contributed by atoms with Crippen LogP contribution >= 0.6 is 0 Å². The molecule has 1 aliphatic rings. The summed E-state index contributed by atoms with van der Waals surface area (Å²) in [6.07, 6.45) is 1.54. The molecule has 0 bridgehead atoms. The second-order valence-corrected chi connectivity index (χ2v) is 5.26. The van der Waals surface area contributed by atoms with Gasteiger partial charge in [0, 0.05) is 17.7 Å². The summed E-state index contributed by atoms with van der Waals surface area (Å²) in [6.45, 7) is 0. The van der Waals surface area contributed by atoms with Crippen LogP contribution in [0.25, 0.3) is 6.08 Å². The van der Waals surface area contributed by atoms with Crippen molar-refractivity contribution in [1.29, 1.82) is 0 Å². The molecule has 8 heteroatoms. The van der Waals surface area contributed by atoms with Crippen LogP contribution in [0, 0.1) is 10.1 Å². The lowest BCUT2D eigenvalue weighted by Gasteiger charge is -2.07. The number of nitro groups is 1. The highest BCUT2D eigenvalue weighted by molar-refractivity contribution is 6.13. The zero-order chi connectivity index (χ0) is 18.7. The number of ether oxygens (including phenoxy) is 3. The predicted molar refractivity (Wildman–Crippen MR) is 93.2 cm³/mol. The molecule has 0 N–H and O–H groups in total. The van der Waals surface area contributed by atoms with Gasteiger partial charge in [-0.1, -0.05) is 12.1 Å². The molecule has 26 heavy (non-hydrogen) atoms. The van der Waals surface area contributed by atoms with Crippen molar-refractivity contribution < 1.29 is 23.9 Å². The molecule has 3 rings (SSSR count). The molecule has 0 unspecified atom stereocenters. The van der Waals surface area contributed by atoms with Gasteiger partial charge in [-0.3, -0.25) is 10.1 Å². The molecule has 0 saturated carbocycles. The van der Waals surface area contributed by atoms with Gasteiger partial charge in [-0.15, -0.1) is 0 Å². The maximum absolute atomic E-state index is 12.1. The average molecular weight is 354 g/mol. The molecule has 1 heterocycles. The fourth-order valence-corrected chi connectivity index (χ4v) is 2.39. The van der Waals surface area contributed by atoms with Crippen molar-refractivity contribution in [1.82, 2.24) is 0 Å². The molecule has 0 fully saturated rings. The Morgan fingerprint density at radius 1 is 1.12 bits per heavy atom. The number of methoxy groups -OCH3 is 2. The smallest absolute Gasteiger partial charge is 0.363 e. The van der Waals surface area contributed by atoms with E-state index in [9.17, 15) is 14.9 Å². The summed E-state index contributed by atoms with van der Waals surface area (Å²) in [7, 11) is 3.04. The second kappa shape index (κ2) is 7.06. The maximum Gasteiger partial charge on any atom is 0.363 e. The van der Waals surface area contributed by atoms with Crippen LogP contribution in [0.3, 0.4) is 0 Å². The summed E-state index contributed by atoms with van der Waals surface area (Å²) in [5.74, 6) is 0.451. The van der Waals surface area contributed by atoms with Crippen molar-refractivity contribution in [2.24, 2.45) is 4.99 Å². The van der Waals surface area contributed by atoms with Gasteiger partial charge in [-0.05, 0) is 29.8 Å². The summed E-state index contributed by atoms with van der Waals surface area (Å²) >= 11 is 0. The molecular formula is C18H14N2O6.